The van der Waals surface area contributed by atoms with Crippen molar-refractivity contribution in [3.8, 4) is 0 Å². The molecule has 0 heterocycles. The van der Waals surface area contributed by atoms with Crippen LogP contribution in [0.5, 0.6) is 0 Å². The molecule has 0 aliphatic heterocycles. The van der Waals surface area contributed by atoms with Crippen LogP contribution in [0.15, 0.2) is 0 Å². The van der Waals surface area contributed by atoms with E-state index in [2.05, 4.69) is 4.31 Å². The van der Waals surface area contributed by atoms with Crippen molar-refractivity contribution in [2.75, 3.05) is 6.16 Å². The Balaban J connectivity index is 0. The van der Waals surface area contributed by atoms with Gasteiger partial charge in [-0.2, -0.15) is 0 Å². The monoisotopic (exact) mass is 229 g/mol. The van der Waals surface area contributed by atoms with Crippen molar-refractivity contribution >= 4 is 66.8 Å². The molecule has 0 saturated heterocycles. The van der Waals surface area contributed by atoms with Crippen molar-refractivity contribution in [1.82, 2.24) is 0 Å². The Morgan fingerprint density at radius 3 is 1.73 bits per heavy atom. The minimum absolute atomic E-state index is 0. The summed E-state index contributed by atoms with van der Waals surface area (Å²) in [6.45, 7) is 1.29. The van der Waals surface area contributed by atoms with Crippen LogP contribution in [-0.2, 0) is 13.4 Å². The Labute approximate surface area is 107 Å². The van der Waals surface area contributed by atoms with Crippen LogP contribution in [0.3, 0.4) is 0 Å². The zero-order chi connectivity index (χ0) is 8.41. The third-order valence-corrected chi connectivity index (χ3v) is 3.30. The molecule has 0 rings (SSSR count). The summed E-state index contributed by atoms with van der Waals surface area (Å²) >= 11 is 0. The van der Waals surface area contributed by atoms with E-state index in [1.807, 2.05) is 0 Å². The van der Waals surface area contributed by atoms with Crippen LogP contribution in [0.25, 0.3) is 0 Å². The van der Waals surface area contributed by atoms with E-state index in [4.69, 9.17) is 14.7 Å². The average Bonchev–Trinajstić information content (AvgIpc) is 1.60. The maximum atomic E-state index is 10.4. The van der Waals surface area contributed by atoms with Crippen LogP contribution >= 0.6 is 15.4 Å². The van der Waals surface area contributed by atoms with Crippen LogP contribution in [0, 0.1) is 0 Å². The van der Waals surface area contributed by atoms with Gasteiger partial charge >= 0.3 is 15.4 Å². The molecule has 63 valence electrons. The van der Waals surface area contributed by atoms with Crippen LogP contribution < -0.4 is 0 Å². The van der Waals surface area contributed by atoms with Gasteiger partial charge < -0.3 is 14.7 Å². The largest absolute Gasteiger partial charge is 0.476 e. The van der Waals surface area contributed by atoms with Gasteiger partial charge in [0.05, 0.1) is 0 Å². The summed E-state index contributed by atoms with van der Waals surface area (Å²) in [6.07, 6.45) is -0.321. The van der Waals surface area contributed by atoms with Gasteiger partial charge in [-0.25, -0.2) is 8.88 Å². The van der Waals surface area contributed by atoms with E-state index < -0.39 is 15.4 Å². The van der Waals surface area contributed by atoms with Gasteiger partial charge in [0.15, 0.2) is 0 Å². The third kappa shape index (κ3) is 9.85. The molecule has 11 heavy (non-hydrogen) atoms. The van der Waals surface area contributed by atoms with E-state index >= 15 is 0 Å². The zero-order valence-electron chi connectivity index (χ0n) is 6.17. The fourth-order valence-corrected chi connectivity index (χ4v) is 2.02. The van der Waals surface area contributed by atoms with Gasteiger partial charge in [-0.1, -0.05) is 6.92 Å². The molecule has 1 radical (unpaired) electrons. The minimum atomic E-state index is -4.82. The zero-order valence-corrected chi connectivity index (χ0v) is 11.1. The Bertz CT molecular complexity index is 197. The van der Waals surface area contributed by atoms with E-state index in [-0.39, 0.29) is 57.5 Å². The first-order chi connectivity index (χ1) is 4.27. The summed E-state index contributed by atoms with van der Waals surface area (Å²) in [5, 5.41) is 0. The quantitative estimate of drug-likeness (QED) is 0.462. The molecule has 0 bridgehead atoms. The van der Waals surface area contributed by atoms with Crippen LogP contribution in [0.4, 0.5) is 0 Å². The van der Waals surface area contributed by atoms with Crippen LogP contribution in [0.2, 0.25) is 0 Å². The maximum absolute atomic E-state index is 10.4. The van der Waals surface area contributed by atoms with Gasteiger partial charge in [-0.05, 0) is 0 Å². The Kier molecular flexibility index (Phi) is 7.88. The predicted molar refractivity (Wildman–Crippen MR) is 39.2 cm³/mol. The second kappa shape index (κ2) is 5.62. The van der Waals surface area contributed by atoms with E-state index in [0.29, 0.717) is 0 Å². The van der Waals surface area contributed by atoms with Gasteiger partial charge in [-0.15, -0.1) is 0 Å². The molecule has 0 aliphatic rings. The normalized spacial score (nSPS) is 16.7. The topological polar surface area (TPSA) is 104 Å². The van der Waals surface area contributed by atoms with Gasteiger partial charge in [0.25, 0.3) is 0 Å². The molecule has 0 aromatic rings. The summed E-state index contributed by atoms with van der Waals surface area (Å²) in [4.78, 5) is 24.6. The Morgan fingerprint density at radius 2 is 1.64 bits per heavy atom. The Morgan fingerprint density at radius 1 is 1.27 bits per heavy atom. The molecular formula is C2H8KO6P2. The summed E-state index contributed by atoms with van der Waals surface area (Å²) < 4.78 is 23.9. The van der Waals surface area contributed by atoms with Crippen molar-refractivity contribution < 1.29 is 28.1 Å². The maximum Gasteiger partial charge on any atom is 0.476 e. The number of hydrogen-bond acceptors (Lipinski definition) is 3. The van der Waals surface area contributed by atoms with Gasteiger partial charge in [0.2, 0.25) is 0 Å². The first-order valence-corrected chi connectivity index (χ1v) is 5.65. The van der Waals surface area contributed by atoms with Gasteiger partial charge in [0.1, 0.15) is 0 Å². The molecule has 0 aliphatic carbocycles. The van der Waals surface area contributed by atoms with Gasteiger partial charge in [-0.3, -0.25) is 4.57 Å². The first-order valence-electron chi connectivity index (χ1n) is 2.35. The predicted octanol–water partition coefficient (Wildman–Crippen LogP) is -0.0798. The molecular weight excluding hydrogens is 221 g/mol. The standard InChI is InChI=1S/C2H8O6P2.K/c1-2-9(3,4)8-10(5,6)7;/h2H2,1H3,(H,3,4)(H2,5,6,7);. The summed E-state index contributed by atoms with van der Waals surface area (Å²) in [6, 6.07) is 0. The Hall–Kier alpha value is 1.94. The van der Waals surface area contributed by atoms with E-state index in [0.717, 1.165) is 0 Å². The summed E-state index contributed by atoms with van der Waals surface area (Å²) in [5.41, 5.74) is 0. The molecule has 0 fully saturated rings. The van der Waals surface area contributed by atoms with Crippen molar-refractivity contribution in [2.24, 2.45) is 0 Å². The minimum Gasteiger partial charge on any atom is -0.324 e. The van der Waals surface area contributed by atoms with E-state index in [1.165, 1.54) is 6.92 Å². The SMILES string of the molecule is CCP(=O)(O)OP(=O)(O)O.[K]. The number of phosphoric acid groups is 1. The van der Waals surface area contributed by atoms with Crippen molar-refractivity contribution in [3.63, 3.8) is 0 Å². The molecule has 9 heteroatoms. The molecule has 0 spiro atoms. The second-order valence-corrected chi connectivity index (χ2v) is 5.07. The van der Waals surface area contributed by atoms with Crippen molar-refractivity contribution in [1.29, 1.82) is 0 Å². The smallest absolute Gasteiger partial charge is 0.324 e. The third-order valence-electron chi connectivity index (χ3n) is 0.634. The molecule has 0 aromatic heterocycles. The molecule has 0 aromatic carbocycles. The summed E-state index contributed by atoms with van der Waals surface area (Å²) in [7, 11) is -8.87. The number of rotatable bonds is 3. The van der Waals surface area contributed by atoms with E-state index in [1.54, 1.807) is 0 Å². The fourth-order valence-electron chi connectivity index (χ4n) is 0.224. The van der Waals surface area contributed by atoms with E-state index in [9.17, 15) is 9.13 Å². The summed E-state index contributed by atoms with van der Waals surface area (Å²) in [5.74, 6) is 0. The van der Waals surface area contributed by atoms with Crippen LogP contribution in [0.1, 0.15) is 6.92 Å². The molecule has 0 saturated carbocycles. The first kappa shape index (κ1) is 15.4. The van der Waals surface area contributed by atoms with Crippen LogP contribution in [-0.4, -0.2) is 72.2 Å². The molecule has 1 atom stereocenters. The second-order valence-electron chi connectivity index (χ2n) is 1.53. The van der Waals surface area contributed by atoms with Crippen molar-refractivity contribution in [2.45, 2.75) is 6.92 Å². The van der Waals surface area contributed by atoms with Gasteiger partial charge in [0, 0.05) is 57.5 Å². The molecule has 1 unspecified atom stereocenters. The molecule has 3 N–H and O–H groups in total. The van der Waals surface area contributed by atoms with Crippen molar-refractivity contribution in [3.05, 3.63) is 0 Å². The number of hydrogen-bond donors (Lipinski definition) is 3. The average molecular weight is 229 g/mol. The molecule has 6 nitrogen and oxygen atoms in total. The fraction of sp³-hybridized carbons (Fsp3) is 1.00. The molecule has 0 amide bonds.